The van der Waals surface area contributed by atoms with E-state index in [9.17, 15) is 13.2 Å². The number of benzene rings is 1. The Hall–Kier alpha value is -1.07. The molecule has 0 N–H and O–H groups in total. The maximum atomic E-state index is 12.4. The summed E-state index contributed by atoms with van der Waals surface area (Å²) in [7, 11) is -2.54. The minimum Gasteiger partial charge on any atom is -0.468 e. The van der Waals surface area contributed by atoms with Crippen LogP contribution in [-0.4, -0.2) is 26.7 Å². The molecule has 19 heavy (non-hydrogen) atoms. The molecule has 1 atom stereocenters. The molecule has 0 saturated heterocycles. The molecule has 1 aromatic rings. The highest BCUT2D eigenvalue weighted by molar-refractivity contribution is 7.92. The number of esters is 1. The molecule has 0 bridgehead atoms. The van der Waals surface area contributed by atoms with Crippen LogP contribution in [-0.2, 0) is 19.4 Å². The molecule has 1 aromatic carbocycles. The van der Waals surface area contributed by atoms with E-state index >= 15 is 0 Å². The van der Waals surface area contributed by atoms with Crippen molar-refractivity contribution < 1.29 is 17.9 Å². The van der Waals surface area contributed by atoms with Crippen LogP contribution in [0.3, 0.4) is 0 Å². The number of halogens is 1. The second-order valence-electron chi connectivity index (χ2n) is 4.15. The van der Waals surface area contributed by atoms with Gasteiger partial charge in [0.25, 0.3) is 0 Å². The van der Waals surface area contributed by atoms with Gasteiger partial charge in [0, 0.05) is 5.02 Å². The Morgan fingerprint density at radius 1 is 1.32 bits per heavy atom. The van der Waals surface area contributed by atoms with Gasteiger partial charge in [-0.2, -0.15) is 0 Å². The normalized spacial score (nSPS) is 13.0. The Labute approximate surface area is 118 Å². The number of carbonyl (C=O) groups excluding carboxylic acids is 1. The number of sulfone groups is 1. The first-order chi connectivity index (χ1) is 8.93. The van der Waals surface area contributed by atoms with Crippen LogP contribution in [0.1, 0.15) is 26.2 Å². The van der Waals surface area contributed by atoms with Crippen LogP contribution >= 0.6 is 11.6 Å². The van der Waals surface area contributed by atoms with Crippen LogP contribution in [0.25, 0.3) is 0 Å². The van der Waals surface area contributed by atoms with Crippen molar-refractivity contribution in [3.05, 3.63) is 29.3 Å². The minimum atomic E-state index is -3.73. The smallest absolute Gasteiger partial charge is 0.324 e. The molecule has 0 aliphatic carbocycles. The molecule has 1 rings (SSSR count). The molecule has 4 nitrogen and oxygen atoms in total. The SMILES string of the molecule is CCCCC(C(=O)OC)S(=O)(=O)c1ccc(Cl)cc1. The molecule has 0 heterocycles. The van der Waals surface area contributed by atoms with Crippen LogP contribution in [0.2, 0.25) is 5.02 Å². The average Bonchev–Trinajstić information content (AvgIpc) is 2.39. The van der Waals surface area contributed by atoms with Gasteiger partial charge in [0.15, 0.2) is 15.1 Å². The van der Waals surface area contributed by atoms with E-state index in [0.717, 1.165) is 6.42 Å². The Morgan fingerprint density at radius 2 is 1.89 bits per heavy atom. The minimum absolute atomic E-state index is 0.0865. The Kier molecular flexibility index (Phi) is 5.82. The third kappa shape index (κ3) is 3.94. The van der Waals surface area contributed by atoms with Crippen molar-refractivity contribution in [3.8, 4) is 0 Å². The number of carbonyl (C=O) groups is 1. The van der Waals surface area contributed by atoms with Crippen molar-refractivity contribution in [2.24, 2.45) is 0 Å². The molecule has 0 aliphatic heterocycles. The highest BCUT2D eigenvalue weighted by Gasteiger charge is 2.34. The average molecular weight is 305 g/mol. The van der Waals surface area contributed by atoms with Crippen molar-refractivity contribution in [2.75, 3.05) is 7.11 Å². The number of ether oxygens (including phenoxy) is 1. The van der Waals surface area contributed by atoms with E-state index in [1.54, 1.807) is 0 Å². The summed E-state index contributed by atoms with van der Waals surface area (Å²) in [5.41, 5.74) is 0. The van der Waals surface area contributed by atoms with Gasteiger partial charge >= 0.3 is 5.97 Å². The van der Waals surface area contributed by atoms with Crippen LogP contribution in [0, 0.1) is 0 Å². The first-order valence-electron chi connectivity index (χ1n) is 6.00. The molecular formula is C13H17ClO4S. The largest absolute Gasteiger partial charge is 0.468 e. The summed E-state index contributed by atoms with van der Waals surface area (Å²) in [4.78, 5) is 11.8. The zero-order valence-electron chi connectivity index (χ0n) is 10.9. The fourth-order valence-corrected chi connectivity index (χ4v) is 3.51. The Bertz CT molecular complexity index is 522. The summed E-state index contributed by atoms with van der Waals surface area (Å²) in [5.74, 6) is -0.719. The molecule has 0 amide bonds. The van der Waals surface area contributed by atoms with E-state index < -0.39 is 21.1 Å². The summed E-state index contributed by atoms with van der Waals surface area (Å²) >= 11 is 5.73. The number of hydrogen-bond donors (Lipinski definition) is 0. The molecule has 1 unspecified atom stereocenters. The molecule has 0 saturated carbocycles. The summed E-state index contributed by atoms with van der Waals surface area (Å²) in [6.07, 6.45) is 1.71. The van der Waals surface area contributed by atoms with Gasteiger partial charge in [-0.3, -0.25) is 4.79 Å². The van der Waals surface area contributed by atoms with E-state index in [0.29, 0.717) is 11.4 Å². The molecule has 0 aliphatic rings. The number of methoxy groups -OCH3 is 1. The third-order valence-electron chi connectivity index (χ3n) is 2.80. The van der Waals surface area contributed by atoms with Crippen LogP contribution in [0.5, 0.6) is 0 Å². The molecule has 0 fully saturated rings. The lowest BCUT2D eigenvalue weighted by Crippen LogP contribution is -2.31. The van der Waals surface area contributed by atoms with Crippen LogP contribution in [0.4, 0.5) is 0 Å². The first kappa shape index (κ1) is 16.0. The van der Waals surface area contributed by atoms with Crippen LogP contribution in [0.15, 0.2) is 29.2 Å². The van der Waals surface area contributed by atoms with Gasteiger partial charge in [-0.05, 0) is 30.7 Å². The zero-order valence-corrected chi connectivity index (χ0v) is 12.5. The molecule has 0 spiro atoms. The van der Waals surface area contributed by atoms with Gasteiger partial charge in [0.2, 0.25) is 0 Å². The second-order valence-corrected chi connectivity index (χ2v) is 6.72. The summed E-state index contributed by atoms with van der Waals surface area (Å²) in [6, 6.07) is 5.78. The zero-order chi connectivity index (χ0) is 14.5. The summed E-state index contributed by atoms with van der Waals surface area (Å²) in [5, 5.41) is -0.708. The predicted octanol–water partition coefficient (Wildman–Crippen LogP) is 2.85. The number of hydrogen-bond acceptors (Lipinski definition) is 4. The topological polar surface area (TPSA) is 60.4 Å². The van der Waals surface area contributed by atoms with Gasteiger partial charge in [-0.1, -0.05) is 31.4 Å². The molecule has 0 aromatic heterocycles. The Balaban J connectivity index is 3.11. The predicted molar refractivity (Wildman–Crippen MR) is 74.0 cm³/mol. The maximum absolute atomic E-state index is 12.4. The van der Waals surface area contributed by atoms with Crippen molar-refractivity contribution in [1.29, 1.82) is 0 Å². The van der Waals surface area contributed by atoms with E-state index in [1.807, 2.05) is 6.92 Å². The summed E-state index contributed by atoms with van der Waals surface area (Å²) < 4.78 is 29.4. The molecule has 6 heteroatoms. The van der Waals surface area contributed by atoms with Gasteiger partial charge in [-0.25, -0.2) is 8.42 Å². The lowest BCUT2D eigenvalue weighted by Gasteiger charge is -2.15. The fraction of sp³-hybridized carbons (Fsp3) is 0.462. The van der Waals surface area contributed by atoms with E-state index in [-0.39, 0.29) is 11.3 Å². The Morgan fingerprint density at radius 3 is 2.37 bits per heavy atom. The van der Waals surface area contributed by atoms with E-state index in [2.05, 4.69) is 4.74 Å². The van der Waals surface area contributed by atoms with Gasteiger partial charge < -0.3 is 4.74 Å². The van der Waals surface area contributed by atoms with E-state index in [4.69, 9.17) is 11.6 Å². The van der Waals surface area contributed by atoms with Gasteiger partial charge in [-0.15, -0.1) is 0 Å². The highest BCUT2D eigenvalue weighted by atomic mass is 35.5. The quantitative estimate of drug-likeness (QED) is 0.758. The van der Waals surface area contributed by atoms with Crippen molar-refractivity contribution in [3.63, 3.8) is 0 Å². The summed E-state index contributed by atoms with van der Waals surface area (Å²) in [6.45, 7) is 1.93. The fourth-order valence-electron chi connectivity index (χ4n) is 1.71. The van der Waals surface area contributed by atoms with Crippen molar-refractivity contribution in [2.45, 2.75) is 36.3 Å². The van der Waals surface area contributed by atoms with Crippen molar-refractivity contribution in [1.82, 2.24) is 0 Å². The third-order valence-corrected chi connectivity index (χ3v) is 5.16. The maximum Gasteiger partial charge on any atom is 0.324 e. The highest BCUT2D eigenvalue weighted by Crippen LogP contribution is 2.22. The monoisotopic (exact) mass is 304 g/mol. The second kappa shape index (κ2) is 6.91. The lowest BCUT2D eigenvalue weighted by atomic mass is 10.2. The molecule has 106 valence electrons. The lowest BCUT2D eigenvalue weighted by molar-refractivity contribution is -0.140. The number of unbranched alkanes of at least 4 members (excludes halogenated alkanes) is 1. The first-order valence-corrected chi connectivity index (χ1v) is 7.93. The van der Waals surface area contributed by atoms with Gasteiger partial charge in [0.1, 0.15) is 0 Å². The van der Waals surface area contributed by atoms with E-state index in [1.165, 1.54) is 31.4 Å². The number of rotatable bonds is 6. The van der Waals surface area contributed by atoms with Crippen LogP contribution < -0.4 is 0 Å². The molecular weight excluding hydrogens is 288 g/mol. The van der Waals surface area contributed by atoms with Gasteiger partial charge in [0.05, 0.1) is 12.0 Å². The van der Waals surface area contributed by atoms with Crippen molar-refractivity contribution >= 4 is 27.4 Å². The molecule has 0 radical (unpaired) electrons. The standard InChI is InChI=1S/C13H17ClO4S/c1-3-4-5-12(13(15)18-2)19(16,17)11-8-6-10(14)7-9-11/h6-9,12H,3-5H2,1-2H3.